The van der Waals surface area contributed by atoms with Gasteiger partial charge in [0, 0.05) is 30.3 Å². The second kappa shape index (κ2) is 17.9. The lowest BCUT2D eigenvalue weighted by Crippen LogP contribution is -2.40. The van der Waals surface area contributed by atoms with Crippen LogP contribution in [0.25, 0.3) is 11.4 Å². The number of nitrogens with one attached hydrogen (secondary N) is 2. The molecule has 0 saturated heterocycles. The van der Waals surface area contributed by atoms with E-state index in [-0.39, 0.29) is 41.0 Å². The molecule has 3 aromatic carbocycles. The molecule has 0 aliphatic heterocycles. The number of carbonyl (C=O) groups is 3. The number of carbonyl (C=O) groups excluding carboxylic acids is 3. The molecule has 14 heteroatoms. The molecule has 2 aromatic heterocycles. The van der Waals surface area contributed by atoms with E-state index in [0.29, 0.717) is 29.5 Å². The number of pyridine rings is 1. The third-order valence-corrected chi connectivity index (χ3v) is 9.17. The van der Waals surface area contributed by atoms with Crippen LogP contribution in [0.2, 0.25) is 0 Å². The van der Waals surface area contributed by atoms with Gasteiger partial charge in [-0.1, -0.05) is 104 Å². The molecular weight excluding hydrogens is 699 g/mol. The van der Waals surface area contributed by atoms with Gasteiger partial charge in [-0.2, -0.15) is 0 Å². The van der Waals surface area contributed by atoms with Gasteiger partial charge in [-0.15, -0.1) is 0 Å². The van der Waals surface area contributed by atoms with Crippen LogP contribution in [-0.4, -0.2) is 53.3 Å². The minimum Gasteiger partial charge on any atom is -0.472 e. The Labute approximate surface area is 307 Å². The third-order valence-electron chi connectivity index (χ3n) is 7.93. The van der Waals surface area contributed by atoms with Crippen LogP contribution >= 0.6 is 0 Å². The zero-order chi connectivity index (χ0) is 37.8. The molecule has 0 fully saturated rings. The van der Waals surface area contributed by atoms with Crippen molar-refractivity contribution in [1.29, 1.82) is 0 Å². The van der Waals surface area contributed by atoms with Gasteiger partial charge in [0.25, 0.3) is 5.56 Å². The van der Waals surface area contributed by atoms with E-state index in [1.165, 1.54) is 19.2 Å². The summed E-state index contributed by atoms with van der Waals surface area (Å²) in [7, 11) is -4.01. The molecule has 13 nitrogen and oxygen atoms in total. The largest absolute Gasteiger partial charge is 0.472 e. The fraction of sp³-hybridized carbons (Fsp3) is 0.231. The number of esters is 1. The number of rotatable bonds is 17. The smallest absolute Gasteiger partial charge is 0.308 e. The van der Waals surface area contributed by atoms with E-state index in [2.05, 4.69) is 20.0 Å². The number of anilines is 1. The maximum absolute atomic E-state index is 13.8. The molecule has 0 aliphatic carbocycles. The van der Waals surface area contributed by atoms with Crippen LogP contribution in [-0.2, 0) is 31.9 Å². The van der Waals surface area contributed by atoms with Crippen LogP contribution in [0.15, 0.2) is 114 Å². The highest BCUT2D eigenvalue weighted by Crippen LogP contribution is 2.30. The molecule has 274 valence electrons. The molecular formula is C39H39N5O8S. The molecule has 0 radical (unpaired) electrons. The predicted molar refractivity (Wildman–Crippen MR) is 199 cm³/mol. The van der Waals surface area contributed by atoms with Crippen molar-refractivity contribution in [3.8, 4) is 23.0 Å². The van der Waals surface area contributed by atoms with Crippen molar-refractivity contribution in [2.75, 3.05) is 11.3 Å². The number of hydrogen-bond acceptors (Lipinski definition) is 10. The number of aromatic nitrogens is 3. The van der Waals surface area contributed by atoms with E-state index < -0.39 is 45.9 Å². The number of amides is 1. The zero-order valence-corrected chi connectivity index (χ0v) is 30.0. The minimum absolute atomic E-state index is 0.0192. The Morgan fingerprint density at radius 1 is 0.887 bits per heavy atom. The van der Waals surface area contributed by atoms with Crippen molar-refractivity contribution in [1.82, 2.24) is 19.9 Å². The number of ether oxygens (including phenoxy) is 2. The molecule has 2 heterocycles. The van der Waals surface area contributed by atoms with Gasteiger partial charge < -0.3 is 14.8 Å². The van der Waals surface area contributed by atoms with Gasteiger partial charge in [-0.3, -0.25) is 28.5 Å². The highest BCUT2D eigenvalue weighted by atomic mass is 32.2. The second-order valence-corrected chi connectivity index (χ2v) is 13.8. The van der Waals surface area contributed by atoms with Crippen LogP contribution in [0, 0.1) is 0 Å². The first-order valence-corrected chi connectivity index (χ1v) is 18.6. The fourth-order valence-corrected chi connectivity index (χ4v) is 6.62. The number of unbranched alkanes of at least 4 members (excludes halogenated alkanes) is 1. The Kier molecular flexibility index (Phi) is 12.8. The third kappa shape index (κ3) is 10.5. The van der Waals surface area contributed by atoms with Crippen molar-refractivity contribution < 1.29 is 32.3 Å². The Bertz CT molecular complexity index is 2210. The van der Waals surface area contributed by atoms with E-state index in [4.69, 9.17) is 9.47 Å². The van der Waals surface area contributed by atoms with Crippen molar-refractivity contribution in [3.05, 3.63) is 136 Å². The molecule has 2 N–H and O–H groups in total. The number of ketones is 1. The number of hydrogen-bond donors (Lipinski definition) is 2. The Hall–Kier alpha value is -6.15. The van der Waals surface area contributed by atoms with E-state index in [9.17, 15) is 27.6 Å². The fourth-order valence-electron chi connectivity index (χ4n) is 5.44. The van der Waals surface area contributed by atoms with Crippen LogP contribution in [0.3, 0.4) is 0 Å². The van der Waals surface area contributed by atoms with Crippen molar-refractivity contribution >= 4 is 33.4 Å². The summed E-state index contributed by atoms with van der Waals surface area (Å²) in [6.45, 7) is 2.67. The Balaban J connectivity index is 1.39. The van der Waals surface area contributed by atoms with Gasteiger partial charge in [0.15, 0.2) is 0 Å². The van der Waals surface area contributed by atoms with E-state index in [1.807, 2.05) is 6.92 Å². The first-order chi connectivity index (χ1) is 25.5. The van der Waals surface area contributed by atoms with Gasteiger partial charge in [-0.25, -0.2) is 18.4 Å². The topological polar surface area (TPSA) is 176 Å². The monoisotopic (exact) mass is 737 g/mol. The number of benzene rings is 3. The van der Waals surface area contributed by atoms with Crippen LogP contribution in [0.5, 0.6) is 11.6 Å². The summed E-state index contributed by atoms with van der Waals surface area (Å²) in [6.07, 6.45) is 3.79. The summed E-state index contributed by atoms with van der Waals surface area (Å²) in [6, 6.07) is 27.0. The summed E-state index contributed by atoms with van der Waals surface area (Å²) in [5, 5.41) is 2.81. The first kappa shape index (κ1) is 38.1. The molecule has 0 aliphatic rings. The molecule has 0 spiro atoms. The van der Waals surface area contributed by atoms with Gasteiger partial charge in [0.1, 0.15) is 35.5 Å². The lowest BCUT2D eigenvalue weighted by atomic mass is 10.0. The number of nitrogens with zero attached hydrogens (tertiary/aromatic N) is 3. The average molecular weight is 738 g/mol. The second-order valence-electron chi connectivity index (χ2n) is 12.1. The highest BCUT2D eigenvalue weighted by molar-refractivity contribution is 7.91. The van der Waals surface area contributed by atoms with Gasteiger partial charge in [0.05, 0.1) is 18.5 Å². The highest BCUT2D eigenvalue weighted by Gasteiger charge is 2.26. The van der Waals surface area contributed by atoms with E-state index >= 15 is 0 Å². The SMILES string of the molecule is CCCCC(CNC(=O)Cn1c(-c2ccccc2)ncc(NS(=O)(=O)Cc2ccccc2)c1=O)Oc1nccc(OC(C)=O)c1C(=O)c1ccccc1. The standard InChI is InChI=1S/C39H39N5O8S/c1-3-4-20-31(52-38-35(33(21-22-40-38)51-27(2)45)36(47)29-16-10-6-11-17-29)23-41-34(46)25-44-37(30-18-12-7-13-19-30)42-24-32(39(44)48)43-53(49,50)26-28-14-8-5-9-15-28/h5-19,21-22,24,31,43H,3-4,20,23,25-26H2,1-2H3,(H,41,46). The minimum atomic E-state index is -4.01. The van der Waals surface area contributed by atoms with Crippen LogP contribution in [0.4, 0.5) is 5.69 Å². The lowest BCUT2D eigenvalue weighted by molar-refractivity contribution is -0.132. The first-order valence-electron chi connectivity index (χ1n) is 16.9. The molecule has 5 aromatic rings. The van der Waals surface area contributed by atoms with Crippen LogP contribution in [0.1, 0.15) is 54.6 Å². The van der Waals surface area contributed by atoms with Gasteiger partial charge in [0.2, 0.25) is 27.6 Å². The molecule has 1 unspecified atom stereocenters. The summed E-state index contributed by atoms with van der Waals surface area (Å²) < 4.78 is 41.1. The molecule has 0 saturated carbocycles. The Morgan fingerprint density at radius 2 is 1.55 bits per heavy atom. The summed E-state index contributed by atoms with van der Waals surface area (Å²) >= 11 is 0. The van der Waals surface area contributed by atoms with E-state index in [1.54, 1.807) is 91.0 Å². The van der Waals surface area contributed by atoms with E-state index in [0.717, 1.165) is 17.2 Å². The average Bonchev–Trinajstić information content (AvgIpc) is 3.15. The maximum Gasteiger partial charge on any atom is 0.308 e. The summed E-state index contributed by atoms with van der Waals surface area (Å²) in [5.41, 5.74) is 0.271. The quantitative estimate of drug-likeness (QED) is 0.0958. The van der Waals surface area contributed by atoms with Crippen molar-refractivity contribution in [2.24, 2.45) is 0 Å². The molecule has 53 heavy (non-hydrogen) atoms. The van der Waals surface area contributed by atoms with Gasteiger partial charge >= 0.3 is 5.97 Å². The molecule has 1 atom stereocenters. The normalized spacial score (nSPS) is 11.7. The summed E-state index contributed by atoms with van der Waals surface area (Å²) in [4.78, 5) is 61.6. The zero-order valence-electron chi connectivity index (χ0n) is 29.2. The summed E-state index contributed by atoms with van der Waals surface area (Å²) in [5.74, 6) is -1.99. The molecule has 1 amide bonds. The lowest BCUT2D eigenvalue weighted by Gasteiger charge is -2.21. The van der Waals surface area contributed by atoms with Gasteiger partial charge in [-0.05, 0) is 18.4 Å². The molecule has 0 bridgehead atoms. The number of sulfonamides is 1. The molecule has 5 rings (SSSR count). The predicted octanol–water partition coefficient (Wildman–Crippen LogP) is 5.16. The Morgan fingerprint density at radius 3 is 2.21 bits per heavy atom. The van der Waals surface area contributed by atoms with Crippen molar-refractivity contribution in [2.45, 2.75) is 51.5 Å². The maximum atomic E-state index is 13.8. The van der Waals surface area contributed by atoms with Crippen LogP contribution < -0.4 is 25.1 Å². The van der Waals surface area contributed by atoms with Crippen molar-refractivity contribution in [3.63, 3.8) is 0 Å².